The number of ether oxygens (including phenoxy) is 1. The maximum atomic E-state index is 12.2. The predicted molar refractivity (Wildman–Crippen MR) is 109 cm³/mol. The van der Waals surface area contributed by atoms with Crippen LogP contribution < -0.4 is 5.32 Å². The number of benzene rings is 1. The van der Waals surface area contributed by atoms with Crippen LogP contribution in [0.3, 0.4) is 0 Å². The topological polar surface area (TPSA) is 89.5 Å². The minimum atomic E-state index is -3.42. The van der Waals surface area contributed by atoms with Crippen LogP contribution in [-0.2, 0) is 24.2 Å². The molecule has 1 aliphatic carbocycles. The molecule has 28 heavy (non-hydrogen) atoms. The molecule has 0 bridgehead atoms. The Morgan fingerprint density at radius 3 is 2.50 bits per heavy atom. The standard InChI is InChI=1S/C20H28ClNO5S/c1-3-4-5-14-6-8-15(9-7-14)20(24)27-13-19(23)22-18-12-16(28(2,25)26)10-11-17(18)21/h10-12,14-15H,3-9,13H2,1-2H3,(H,22,23). The van der Waals surface area contributed by atoms with Crippen molar-refractivity contribution in [3.05, 3.63) is 23.2 Å². The molecule has 0 heterocycles. The molecule has 1 fully saturated rings. The number of carbonyl (C=O) groups is 2. The van der Waals surface area contributed by atoms with E-state index in [-0.39, 0.29) is 27.5 Å². The Labute approximate surface area is 171 Å². The lowest BCUT2D eigenvalue weighted by molar-refractivity contribution is -0.152. The number of hydrogen-bond donors (Lipinski definition) is 1. The van der Waals surface area contributed by atoms with Crippen molar-refractivity contribution in [2.75, 3.05) is 18.2 Å². The van der Waals surface area contributed by atoms with E-state index in [1.807, 2.05) is 0 Å². The minimum absolute atomic E-state index is 0.0454. The summed E-state index contributed by atoms with van der Waals surface area (Å²) in [5, 5.41) is 2.70. The molecule has 0 spiro atoms. The lowest BCUT2D eigenvalue weighted by Crippen LogP contribution is -2.27. The zero-order chi connectivity index (χ0) is 20.7. The maximum Gasteiger partial charge on any atom is 0.309 e. The van der Waals surface area contributed by atoms with Gasteiger partial charge in [0.25, 0.3) is 5.91 Å². The van der Waals surface area contributed by atoms with Gasteiger partial charge in [-0.1, -0.05) is 37.8 Å². The molecule has 1 N–H and O–H groups in total. The molecular formula is C20H28ClNO5S. The van der Waals surface area contributed by atoms with Gasteiger partial charge in [0.15, 0.2) is 16.4 Å². The first-order valence-corrected chi connectivity index (χ1v) is 11.9. The van der Waals surface area contributed by atoms with Crippen molar-refractivity contribution in [3.63, 3.8) is 0 Å². The van der Waals surface area contributed by atoms with Crippen molar-refractivity contribution in [2.45, 2.75) is 56.8 Å². The zero-order valence-corrected chi connectivity index (χ0v) is 17.9. The number of amides is 1. The molecule has 0 saturated heterocycles. The Morgan fingerprint density at radius 2 is 1.89 bits per heavy atom. The molecule has 1 amide bonds. The first-order chi connectivity index (χ1) is 13.2. The molecule has 1 aliphatic rings. The summed E-state index contributed by atoms with van der Waals surface area (Å²) in [7, 11) is -3.42. The third kappa shape index (κ3) is 6.78. The van der Waals surface area contributed by atoms with Gasteiger partial charge in [-0.25, -0.2) is 8.42 Å². The largest absolute Gasteiger partial charge is 0.455 e. The van der Waals surface area contributed by atoms with Gasteiger partial charge >= 0.3 is 5.97 Å². The number of halogens is 1. The van der Waals surface area contributed by atoms with Crippen LogP contribution in [-0.4, -0.2) is 33.2 Å². The summed E-state index contributed by atoms with van der Waals surface area (Å²) in [5.74, 6) is -0.364. The highest BCUT2D eigenvalue weighted by Gasteiger charge is 2.27. The van der Waals surface area contributed by atoms with Gasteiger partial charge in [0.2, 0.25) is 0 Å². The highest BCUT2D eigenvalue weighted by atomic mass is 35.5. The summed E-state index contributed by atoms with van der Waals surface area (Å²) in [4.78, 5) is 24.4. The van der Waals surface area contributed by atoms with Crippen LogP contribution >= 0.6 is 11.6 Å². The fourth-order valence-corrected chi connectivity index (χ4v) is 4.26. The van der Waals surface area contributed by atoms with Crippen molar-refractivity contribution in [1.29, 1.82) is 0 Å². The molecular weight excluding hydrogens is 402 g/mol. The molecule has 1 aromatic carbocycles. The van der Waals surface area contributed by atoms with Gasteiger partial charge in [0, 0.05) is 6.26 Å². The summed E-state index contributed by atoms with van der Waals surface area (Å²) in [6.07, 6.45) is 8.36. The fourth-order valence-electron chi connectivity index (χ4n) is 3.45. The summed E-state index contributed by atoms with van der Waals surface area (Å²) in [5.41, 5.74) is 0.169. The van der Waals surface area contributed by atoms with E-state index in [2.05, 4.69) is 12.2 Å². The van der Waals surface area contributed by atoms with Gasteiger partial charge in [0.05, 0.1) is 21.5 Å². The smallest absolute Gasteiger partial charge is 0.309 e. The Balaban J connectivity index is 1.82. The van der Waals surface area contributed by atoms with E-state index < -0.39 is 22.4 Å². The molecule has 8 heteroatoms. The Hall–Kier alpha value is -1.60. The molecule has 1 saturated carbocycles. The summed E-state index contributed by atoms with van der Waals surface area (Å²) >= 11 is 6.01. The number of esters is 1. The van der Waals surface area contributed by atoms with Crippen LogP contribution in [0.15, 0.2) is 23.1 Å². The highest BCUT2D eigenvalue weighted by molar-refractivity contribution is 7.90. The summed E-state index contributed by atoms with van der Waals surface area (Å²) < 4.78 is 28.4. The van der Waals surface area contributed by atoms with E-state index in [4.69, 9.17) is 16.3 Å². The number of nitrogens with one attached hydrogen (secondary N) is 1. The van der Waals surface area contributed by atoms with Crippen molar-refractivity contribution in [1.82, 2.24) is 0 Å². The number of rotatable bonds is 8. The van der Waals surface area contributed by atoms with Crippen LogP contribution in [0.1, 0.15) is 51.9 Å². The molecule has 156 valence electrons. The SMILES string of the molecule is CCCCC1CCC(C(=O)OCC(=O)Nc2cc(S(C)(=O)=O)ccc2Cl)CC1. The first-order valence-electron chi connectivity index (χ1n) is 9.66. The van der Waals surface area contributed by atoms with E-state index >= 15 is 0 Å². The molecule has 0 radical (unpaired) electrons. The highest BCUT2D eigenvalue weighted by Crippen LogP contribution is 2.32. The number of anilines is 1. The zero-order valence-electron chi connectivity index (χ0n) is 16.4. The second-order valence-corrected chi connectivity index (χ2v) is 9.85. The molecule has 6 nitrogen and oxygen atoms in total. The Bertz CT molecular complexity index is 801. The quantitative estimate of drug-likeness (QED) is 0.625. The van der Waals surface area contributed by atoms with Crippen LogP contribution in [0.4, 0.5) is 5.69 Å². The maximum absolute atomic E-state index is 12.2. The predicted octanol–water partition coefficient (Wildman–Crippen LogP) is 4.22. The van der Waals surface area contributed by atoms with Gasteiger partial charge in [-0.2, -0.15) is 0 Å². The van der Waals surface area contributed by atoms with E-state index in [9.17, 15) is 18.0 Å². The number of sulfone groups is 1. The van der Waals surface area contributed by atoms with E-state index in [0.717, 1.165) is 31.9 Å². The van der Waals surface area contributed by atoms with Gasteiger partial charge in [-0.3, -0.25) is 9.59 Å². The summed E-state index contributed by atoms with van der Waals surface area (Å²) in [6, 6.07) is 4.05. The lowest BCUT2D eigenvalue weighted by atomic mass is 9.80. The van der Waals surface area contributed by atoms with Gasteiger partial charge in [0.1, 0.15) is 0 Å². The van der Waals surface area contributed by atoms with Crippen LogP contribution in [0.25, 0.3) is 0 Å². The van der Waals surface area contributed by atoms with Crippen molar-refractivity contribution < 1.29 is 22.7 Å². The molecule has 2 rings (SSSR count). The van der Waals surface area contributed by atoms with Crippen molar-refractivity contribution in [2.24, 2.45) is 11.8 Å². The number of hydrogen-bond acceptors (Lipinski definition) is 5. The second-order valence-electron chi connectivity index (χ2n) is 7.43. The van der Waals surface area contributed by atoms with E-state index in [1.54, 1.807) is 0 Å². The van der Waals surface area contributed by atoms with Gasteiger partial charge in [-0.05, 0) is 49.8 Å². The van der Waals surface area contributed by atoms with Crippen LogP contribution in [0, 0.1) is 11.8 Å². The number of carbonyl (C=O) groups excluding carboxylic acids is 2. The molecule has 0 unspecified atom stereocenters. The summed E-state index contributed by atoms with van der Waals surface area (Å²) in [6.45, 7) is 1.76. The minimum Gasteiger partial charge on any atom is -0.455 e. The van der Waals surface area contributed by atoms with E-state index in [0.29, 0.717) is 5.92 Å². The fraction of sp³-hybridized carbons (Fsp3) is 0.600. The molecule has 0 atom stereocenters. The van der Waals surface area contributed by atoms with Crippen LogP contribution in [0.5, 0.6) is 0 Å². The molecule has 1 aromatic rings. The van der Waals surface area contributed by atoms with Crippen LogP contribution in [0.2, 0.25) is 5.02 Å². The monoisotopic (exact) mass is 429 g/mol. The van der Waals surface area contributed by atoms with E-state index in [1.165, 1.54) is 37.5 Å². The van der Waals surface area contributed by atoms with Gasteiger partial charge < -0.3 is 10.1 Å². The Kier molecular flexibility index (Phi) is 8.31. The number of unbranched alkanes of at least 4 members (excludes halogenated alkanes) is 1. The Morgan fingerprint density at radius 1 is 1.21 bits per heavy atom. The third-order valence-electron chi connectivity index (χ3n) is 5.13. The molecule has 0 aromatic heterocycles. The van der Waals surface area contributed by atoms with Gasteiger partial charge in [-0.15, -0.1) is 0 Å². The second kappa shape index (κ2) is 10.3. The molecule has 0 aliphatic heterocycles. The van der Waals surface area contributed by atoms with Crippen molar-refractivity contribution >= 4 is 39.0 Å². The average Bonchev–Trinajstić information content (AvgIpc) is 2.65. The first kappa shape index (κ1) is 22.7. The average molecular weight is 430 g/mol. The third-order valence-corrected chi connectivity index (χ3v) is 6.57. The van der Waals surface area contributed by atoms with Crippen molar-refractivity contribution in [3.8, 4) is 0 Å². The normalized spacial score (nSPS) is 19.8. The lowest BCUT2D eigenvalue weighted by Gasteiger charge is -2.27.